The molecule has 1 fully saturated rings. The molecule has 1 aromatic rings. The van der Waals surface area contributed by atoms with Crippen LogP contribution in [0, 0.1) is 5.41 Å². The van der Waals surface area contributed by atoms with E-state index >= 15 is 0 Å². The van der Waals surface area contributed by atoms with Crippen LogP contribution in [0.4, 0.5) is 0 Å². The number of rotatable bonds is 3. The number of hydrogen-bond acceptors (Lipinski definition) is 4. The first kappa shape index (κ1) is 9.21. The molecule has 2 rings (SSSR count). The van der Waals surface area contributed by atoms with Crippen molar-refractivity contribution in [1.82, 2.24) is 5.16 Å². The summed E-state index contributed by atoms with van der Waals surface area (Å²) in [6.45, 7) is 0.783. The summed E-state index contributed by atoms with van der Waals surface area (Å²) in [7, 11) is 0. The molecule has 5 heteroatoms. The summed E-state index contributed by atoms with van der Waals surface area (Å²) in [6.07, 6.45) is 3.99. The van der Waals surface area contributed by atoms with E-state index in [2.05, 4.69) is 9.68 Å². The summed E-state index contributed by atoms with van der Waals surface area (Å²) in [5.41, 5.74) is 0.0175. The fraction of sp³-hybridized carbons (Fsp3) is 0.556. The Morgan fingerprint density at radius 3 is 3.07 bits per heavy atom. The average molecular weight is 197 g/mol. The molecular formula is C9H11NO4. The maximum atomic E-state index is 11.1. The van der Waals surface area contributed by atoms with Gasteiger partial charge in [0.2, 0.25) is 0 Å². The SMILES string of the molecule is O=C(O)C1(Cc2cnoc2)CCOC1. The Morgan fingerprint density at radius 2 is 2.57 bits per heavy atom. The molecule has 0 radical (unpaired) electrons. The quantitative estimate of drug-likeness (QED) is 0.772. The van der Waals surface area contributed by atoms with Crippen LogP contribution in [0.5, 0.6) is 0 Å². The Labute approximate surface area is 80.6 Å². The van der Waals surface area contributed by atoms with Gasteiger partial charge in [-0.05, 0) is 12.8 Å². The van der Waals surface area contributed by atoms with Crippen LogP contribution in [-0.2, 0) is 16.0 Å². The zero-order chi connectivity index (χ0) is 10.0. The van der Waals surface area contributed by atoms with Gasteiger partial charge >= 0.3 is 5.97 Å². The number of nitrogens with zero attached hydrogens (tertiary/aromatic N) is 1. The molecule has 1 aromatic heterocycles. The number of hydrogen-bond donors (Lipinski definition) is 1. The maximum absolute atomic E-state index is 11.1. The van der Waals surface area contributed by atoms with Gasteiger partial charge in [0.05, 0.1) is 18.2 Å². The normalized spacial score (nSPS) is 26.6. The summed E-state index contributed by atoms with van der Waals surface area (Å²) < 4.78 is 9.80. The molecule has 1 unspecified atom stereocenters. The molecule has 5 nitrogen and oxygen atoms in total. The molecule has 0 bridgehead atoms. The second-order valence-electron chi connectivity index (χ2n) is 3.60. The maximum Gasteiger partial charge on any atom is 0.312 e. The molecular weight excluding hydrogens is 186 g/mol. The van der Waals surface area contributed by atoms with Crippen molar-refractivity contribution in [1.29, 1.82) is 0 Å². The van der Waals surface area contributed by atoms with E-state index in [4.69, 9.17) is 9.84 Å². The van der Waals surface area contributed by atoms with E-state index < -0.39 is 11.4 Å². The lowest BCUT2D eigenvalue weighted by Gasteiger charge is -2.20. The highest BCUT2D eigenvalue weighted by atomic mass is 16.5. The van der Waals surface area contributed by atoms with E-state index in [-0.39, 0.29) is 6.61 Å². The van der Waals surface area contributed by atoms with Crippen molar-refractivity contribution in [2.45, 2.75) is 12.8 Å². The number of ether oxygens (including phenoxy) is 1. The average Bonchev–Trinajstić information content (AvgIpc) is 2.76. The molecule has 1 saturated heterocycles. The lowest BCUT2D eigenvalue weighted by Crippen LogP contribution is -2.33. The van der Waals surface area contributed by atoms with E-state index in [0.29, 0.717) is 19.4 Å². The third-order valence-electron chi connectivity index (χ3n) is 2.58. The minimum absolute atomic E-state index is 0.271. The molecule has 0 amide bonds. The second-order valence-corrected chi connectivity index (χ2v) is 3.60. The highest BCUT2D eigenvalue weighted by Gasteiger charge is 2.42. The van der Waals surface area contributed by atoms with Crippen molar-refractivity contribution in [3.8, 4) is 0 Å². The molecule has 2 heterocycles. The molecule has 0 aliphatic carbocycles. The predicted octanol–water partition coefficient (Wildman–Crippen LogP) is 0.708. The fourth-order valence-electron chi connectivity index (χ4n) is 1.70. The number of aromatic nitrogens is 1. The molecule has 14 heavy (non-hydrogen) atoms. The van der Waals surface area contributed by atoms with E-state index in [1.54, 1.807) is 6.20 Å². The van der Waals surface area contributed by atoms with Gasteiger partial charge in [-0.25, -0.2) is 0 Å². The number of carboxylic acid groups (broad SMARTS) is 1. The summed E-state index contributed by atoms with van der Waals surface area (Å²) in [5.74, 6) is -0.809. The van der Waals surface area contributed by atoms with Gasteiger partial charge in [-0.2, -0.15) is 0 Å². The minimum atomic E-state index is -0.809. The van der Waals surface area contributed by atoms with Gasteiger partial charge in [0.1, 0.15) is 6.26 Å². The van der Waals surface area contributed by atoms with Crippen molar-refractivity contribution in [2.75, 3.05) is 13.2 Å². The van der Waals surface area contributed by atoms with Crippen molar-refractivity contribution < 1.29 is 19.2 Å². The van der Waals surface area contributed by atoms with Gasteiger partial charge < -0.3 is 14.4 Å². The standard InChI is InChI=1S/C9H11NO4/c11-8(12)9(1-2-13-6-9)3-7-4-10-14-5-7/h4-5H,1-3,6H2,(H,11,12). The lowest BCUT2D eigenvalue weighted by atomic mass is 9.82. The zero-order valence-electron chi connectivity index (χ0n) is 7.60. The van der Waals surface area contributed by atoms with Crippen molar-refractivity contribution >= 4 is 5.97 Å². The van der Waals surface area contributed by atoms with Crippen molar-refractivity contribution in [3.63, 3.8) is 0 Å². The Bertz CT molecular complexity index is 314. The molecule has 76 valence electrons. The van der Waals surface area contributed by atoms with Gasteiger partial charge in [-0.15, -0.1) is 0 Å². The lowest BCUT2D eigenvalue weighted by molar-refractivity contribution is -0.148. The van der Waals surface area contributed by atoms with E-state index in [1.807, 2.05) is 0 Å². The van der Waals surface area contributed by atoms with E-state index in [9.17, 15) is 4.79 Å². The van der Waals surface area contributed by atoms with Crippen LogP contribution in [0.25, 0.3) is 0 Å². The van der Waals surface area contributed by atoms with E-state index in [0.717, 1.165) is 5.56 Å². The minimum Gasteiger partial charge on any atom is -0.481 e. The Kier molecular flexibility index (Phi) is 2.25. The summed E-state index contributed by atoms with van der Waals surface area (Å²) in [4.78, 5) is 11.1. The molecule has 0 aromatic carbocycles. The van der Waals surface area contributed by atoms with Crippen LogP contribution in [0.1, 0.15) is 12.0 Å². The molecule has 1 atom stereocenters. The summed E-state index contributed by atoms with van der Waals surface area (Å²) in [5, 5.41) is 12.7. The van der Waals surface area contributed by atoms with Gasteiger partial charge in [0, 0.05) is 12.2 Å². The fourth-order valence-corrected chi connectivity index (χ4v) is 1.70. The summed E-state index contributed by atoms with van der Waals surface area (Å²) in [6, 6.07) is 0. The third kappa shape index (κ3) is 1.50. The van der Waals surface area contributed by atoms with Gasteiger partial charge in [0.25, 0.3) is 0 Å². The first-order valence-corrected chi connectivity index (χ1v) is 4.42. The van der Waals surface area contributed by atoms with Crippen LogP contribution in [0.2, 0.25) is 0 Å². The molecule has 1 aliphatic heterocycles. The smallest absolute Gasteiger partial charge is 0.312 e. The Hall–Kier alpha value is -1.36. The first-order valence-electron chi connectivity index (χ1n) is 4.42. The van der Waals surface area contributed by atoms with Crippen molar-refractivity contribution in [3.05, 3.63) is 18.0 Å². The van der Waals surface area contributed by atoms with Crippen molar-refractivity contribution in [2.24, 2.45) is 5.41 Å². The van der Waals surface area contributed by atoms with Crippen LogP contribution in [0.3, 0.4) is 0 Å². The first-order chi connectivity index (χ1) is 6.73. The van der Waals surface area contributed by atoms with Crippen LogP contribution in [0.15, 0.2) is 17.0 Å². The molecule has 0 saturated carbocycles. The zero-order valence-corrected chi connectivity index (χ0v) is 7.60. The van der Waals surface area contributed by atoms with Gasteiger partial charge in [-0.3, -0.25) is 4.79 Å². The monoisotopic (exact) mass is 197 g/mol. The second kappa shape index (κ2) is 3.42. The molecule has 1 N–H and O–H groups in total. The van der Waals surface area contributed by atoms with Crippen LogP contribution < -0.4 is 0 Å². The largest absolute Gasteiger partial charge is 0.481 e. The molecule has 0 spiro atoms. The van der Waals surface area contributed by atoms with Crippen LogP contribution in [-0.4, -0.2) is 29.4 Å². The summed E-state index contributed by atoms with van der Waals surface area (Å²) >= 11 is 0. The van der Waals surface area contributed by atoms with Gasteiger partial charge in [0.15, 0.2) is 0 Å². The highest BCUT2D eigenvalue weighted by Crippen LogP contribution is 2.32. The van der Waals surface area contributed by atoms with Crippen LogP contribution >= 0.6 is 0 Å². The Balaban J connectivity index is 2.16. The number of carboxylic acids is 1. The number of aliphatic carboxylic acids is 1. The molecule has 1 aliphatic rings. The van der Waals surface area contributed by atoms with E-state index in [1.165, 1.54) is 6.26 Å². The highest BCUT2D eigenvalue weighted by molar-refractivity contribution is 5.75. The Morgan fingerprint density at radius 1 is 1.71 bits per heavy atom. The van der Waals surface area contributed by atoms with Gasteiger partial charge in [-0.1, -0.05) is 5.16 Å². The predicted molar refractivity (Wildman–Crippen MR) is 45.7 cm³/mol. The third-order valence-corrected chi connectivity index (χ3v) is 2.58. The number of carbonyl (C=O) groups is 1. The topological polar surface area (TPSA) is 72.6 Å².